The lowest BCUT2D eigenvalue weighted by Gasteiger charge is -2.20. The largest absolute Gasteiger partial charge is 0.311 e. The average Bonchev–Trinajstić information content (AvgIpc) is 2.87. The average molecular weight is 294 g/mol. The van der Waals surface area contributed by atoms with Gasteiger partial charge in [0.25, 0.3) is 0 Å². The van der Waals surface area contributed by atoms with E-state index < -0.39 is 0 Å². The third-order valence-corrected chi connectivity index (χ3v) is 3.38. The maximum Gasteiger partial charge on any atom is 0.225 e. The molecule has 0 aliphatic carbocycles. The molecule has 120 valence electrons. The fraction of sp³-hybridized carbons (Fsp3) is 0.750. The number of rotatable bonds is 10. The molecule has 0 atom stereocenters. The molecule has 5 nitrogen and oxygen atoms in total. The van der Waals surface area contributed by atoms with Crippen LogP contribution in [0.5, 0.6) is 0 Å². The van der Waals surface area contributed by atoms with E-state index in [4.69, 9.17) is 0 Å². The van der Waals surface area contributed by atoms with Crippen molar-refractivity contribution in [3.8, 4) is 0 Å². The summed E-state index contributed by atoms with van der Waals surface area (Å²) in [6, 6.07) is 2.10. The van der Waals surface area contributed by atoms with E-state index in [-0.39, 0.29) is 11.9 Å². The molecule has 0 aliphatic rings. The smallest absolute Gasteiger partial charge is 0.225 e. The third kappa shape index (κ3) is 6.29. The molecule has 1 aromatic heterocycles. The highest BCUT2D eigenvalue weighted by atomic mass is 16.1. The van der Waals surface area contributed by atoms with Crippen molar-refractivity contribution in [3.63, 3.8) is 0 Å². The molecule has 1 amide bonds. The summed E-state index contributed by atoms with van der Waals surface area (Å²) in [6.45, 7) is 11.7. The molecule has 1 rings (SSSR count). The summed E-state index contributed by atoms with van der Waals surface area (Å²) in [5, 5.41) is 7.17. The Morgan fingerprint density at radius 3 is 2.52 bits per heavy atom. The van der Waals surface area contributed by atoms with Gasteiger partial charge in [0.2, 0.25) is 5.91 Å². The van der Waals surface area contributed by atoms with Crippen molar-refractivity contribution in [3.05, 3.63) is 12.3 Å². The Morgan fingerprint density at radius 2 is 1.95 bits per heavy atom. The number of carbonyl (C=O) groups is 1. The van der Waals surface area contributed by atoms with Crippen molar-refractivity contribution < 1.29 is 4.79 Å². The van der Waals surface area contributed by atoms with Gasteiger partial charge in [0.1, 0.15) is 5.82 Å². The molecule has 0 unspecified atom stereocenters. The molecular formula is C16H30N4O. The number of nitrogens with one attached hydrogen (secondary N) is 1. The molecule has 0 bridgehead atoms. The summed E-state index contributed by atoms with van der Waals surface area (Å²) in [5.74, 6) is 0.860. The van der Waals surface area contributed by atoms with Crippen molar-refractivity contribution in [2.24, 2.45) is 0 Å². The lowest BCUT2D eigenvalue weighted by atomic mass is 10.2. The van der Waals surface area contributed by atoms with Crippen molar-refractivity contribution >= 4 is 11.7 Å². The van der Waals surface area contributed by atoms with Gasteiger partial charge in [-0.2, -0.15) is 5.10 Å². The molecule has 0 fully saturated rings. The second-order valence-electron chi connectivity index (χ2n) is 5.75. The van der Waals surface area contributed by atoms with Gasteiger partial charge in [-0.15, -0.1) is 0 Å². The molecule has 1 heterocycles. The molecule has 1 N–H and O–H groups in total. The number of carbonyl (C=O) groups excluding carboxylic acids is 1. The van der Waals surface area contributed by atoms with Gasteiger partial charge in [0.05, 0.1) is 6.20 Å². The zero-order valence-electron chi connectivity index (χ0n) is 13.9. The Bertz CT molecular complexity index is 408. The number of hydrogen-bond acceptors (Lipinski definition) is 3. The lowest BCUT2D eigenvalue weighted by molar-refractivity contribution is -0.116. The summed E-state index contributed by atoms with van der Waals surface area (Å²) in [7, 11) is 0. The standard InChI is InChI=1S/C16H30N4O/c1-5-11-19(12-6-2)13-7-8-16(21)18-15-9-10-17-20(15)14(3)4/h9-10,14H,5-8,11-13H2,1-4H3,(H,18,21). The van der Waals surface area contributed by atoms with Crippen LogP contribution in [0.25, 0.3) is 0 Å². The summed E-state index contributed by atoms with van der Waals surface area (Å²) >= 11 is 0. The van der Waals surface area contributed by atoms with Crippen LogP contribution in [0, 0.1) is 0 Å². The van der Waals surface area contributed by atoms with Crippen LogP contribution in [0.4, 0.5) is 5.82 Å². The van der Waals surface area contributed by atoms with E-state index in [2.05, 4.69) is 43.0 Å². The Morgan fingerprint density at radius 1 is 1.29 bits per heavy atom. The fourth-order valence-electron chi connectivity index (χ4n) is 2.46. The highest BCUT2D eigenvalue weighted by molar-refractivity contribution is 5.89. The van der Waals surface area contributed by atoms with E-state index in [1.807, 2.05) is 10.7 Å². The summed E-state index contributed by atoms with van der Waals surface area (Å²) < 4.78 is 1.83. The van der Waals surface area contributed by atoms with Gasteiger partial charge in [-0.1, -0.05) is 13.8 Å². The number of aromatic nitrogens is 2. The summed E-state index contributed by atoms with van der Waals surface area (Å²) in [6.07, 6.45) is 5.52. The minimum atomic E-state index is 0.0744. The predicted molar refractivity (Wildman–Crippen MR) is 87.5 cm³/mol. The number of anilines is 1. The van der Waals surface area contributed by atoms with E-state index in [1.165, 1.54) is 12.8 Å². The summed E-state index contributed by atoms with van der Waals surface area (Å²) in [5.41, 5.74) is 0. The molecule has 0 saturated heterocycles. The predicted octanol–water partition coefficient (Wildman–Crippen LogP) is 3.30. The SMILES string of the molecule is CCCN(CCC)CCCC(=O)Nc1ccnn1C(C)C. The Labute approximate surface area is 128 Å². The minimum absolute atomic E-state index is 0.0744. The highest BCUT2D eigenvalue weighted by Gasteiger charge is 2.10. The number of hydrogen-bond donors (Lipinski definition) is 1. The van der Waals surface area contributed by atoms with E-state index in [0.717, 1.165) is 31.9 Å². The monoisotopic (exact) mass is 294 g/mol. The second-order valence-corrected chi connectivity index (χ2v) is 5.75. The van der Waals surface area contributed by atoms with Gasteiger partial charge in [-0.25, -0.2) is 4.68 Å². The van der Waals surface area contributed by atoms with Gasteiger partial charge >= 0.3 is 0 Å². The fourth-order valence-corrected chi connectivity index (χ4v) is 2.46. The van der Waals surface area contributed by atoms with Crippen LogP contribution in [0.1, 0.15) is 59.4 Å². The van der Waals surface area contributed by atoms with Crippen molar-refractivity contribution in [2.75, 3.05) is 25.0 Å². The Hall–Kier alpha value is -1.36. The molecule has 5 heteroatoms. The zero-order chi connectivity index (χ0) is 15.7. The molecule has 0 aliphatic heterocycles. The van der Waals surface area contributed by atoms with E-state index >= 15 is 0 Å². The third-order valence-electron chi connectivity index (χ3n) is 3.38. The van der Waals surface area contributed by atoms with E-state index in [0.29, 0.717) is 6.42 Å². The molecule has 0 aromatic carbocycles. The van der Waals surface area contributed by atoms with Gasteiger partial charge in [-0.05, 0) is 52.7 Å². The van der Waals surface area contributed by atoms with E-state index in [1.54, 1.807) is 6.20 Å². The van der Waals surface area contributed by atoms with Gasteiger partial charge < -0.3 is 10.2 Å². The lowest BCUT2D eigenvalue weighted by Crippen LogP contribution is -2.27. The van der Waals surface area contributed by atoms with Gasteiger partial charge in [0, 0.05) is 18.5 Å². The van der Waals surface area contributed by atoms with Crippen LogP contribution in [0.2, 0.25) is 0 Å². The van der Waals surface area contributed by atoms with Crippen LogP contribution >= 0.6 is 0 Å². The van der Waals surface area contributed by atoms with Crippen LogP contribution in [-0.4, -0.2) is 40.2 Å². The second kappa shape index (κ2) is 9.55. The quantitative estimate of drug-likeness (QED) is 0.720. The highest BCUT2D eigenvalue weighted by Crippen LogP contribution is 2.13. The van der Waals surface area contributed by atoms with Crippen LogP contribution in [-0.2, 0) is 4.79 Å². The number of nitrogens with zero attached hydrogens (tertiary/aromatic N) is 3. The minimum Gasteiger partial charge on any atom is -0.311 e. The molecule has 21 heavy (non-hydrogen) atoms. The maximum absolute atomic E-state index is 12.0. The maximum atomic E-state index is 12.0. The normalized spacial score (nSPS) is 11.3. The first kappa shape index (κ1) is 17.7. The molecular weight excluding hydrogens is 264 g/mol. The van der Waals surface area contributed by atoms with Crippen molar-refractivity contribution in [2.45, 2.75) is 59.4 Å². The Kier molecular flexibility index (Phi) is 8.05. The molecule has 0 radical (unpaired) electrons. The topological polar surface area (TPSA) is 50.2 Å². The van der Waals surface area contributed by atoms with Gasteiger partial charge in [0.15, 0.2) is 0 Å². The molecule has 1 aromatic rings. The zero-order valence-corrected chi connectivity index (χ0v) is 13.9. The molecule has 0 saturated carbocycles. The van der Waals surface area contributed by atoms with Crippen LogP contribution in [0.15, 0.2) is 12.3 Å². The first-order valence-corrected chi connectivity index (χ1v) is 8.14. The summed E-state index contributed by atoms with van der Waals surface area (Å²) in [4.78, 5) is 14.4. The van der Waals surface area contributed by atoms with Crippen LogP contribution in [0.3, 0.4) is 0 Å². The first-order chi connectivity index (χ1) is 10.1. The van der Waals surface area contributed by atoms with Crippen molar-refractivity contribution in [1.29, 1.82) is 0 Å². The first-order valence-electron chi connectivity index (χ1n) is 8.14. The van der Waals surface area contributed by atoms with Crippen molar-refractivity contribution in [1.82, 2.24) is 14.7 Å². The molecule has 0 spiro atoms. The van der Waals surface area contributed by atoms with Gasteiger partial charge in [-0.3, -0.25) is 4.79 Å². The number of amides is 1. The van der Waals surface area contributed by atoms with E-state index in [9.17, 15) is 4.79 Å². The Balaban J connectivity index is 2.35. The van der Waals surface area contributed by atoms with Crippen LogP contribution < -0.4 is 5.32 Å².